The Bertz CT molecular complexity index is 336. The van der Waals surface area contributed by atoms with Crippen LogP contribution < -0.4 is 0 Å². The Kier molecular flexibility index (Phi) is 2.88. The Morgan fingerprint density at radius 3 is 2.77 bits per heavy atom. The molecule has 0 aliphatic carbocycles. The van der Waals surface area contributed by atoms with Crippen molar-refractivity contribution in [1.29, 1.82) is 0 Å². The van der Waals surface area contributed by atoms with Gasteiger partial charge >= 0.3 is 0 Å². The third-order valence-electron chi connectivity index (χ3n) is 1.61. The summed E-state index contributed by atoms with van der Waals surface area (Å²) in [5.74, 6) is -1.99. The fourth-order valence-electron chi connectivity index (χ4n) is 0.924. The van der Waals surface area contributed by atoms with E-state index in [0.717, 1.165) is 0 Å². The van der Waals surface area contributed by atoms with Crippen molar-refractivity contribution in [2.45, 2.75) is 12.3 Å². The van der Waals surface area contributed by atoms with Crippen LogP contribution in [-0.4, -0.2) is 16.3 Å². The van der Waals surface area contributed by atoms with E-state index in [1.807, 2.05) is 0 Å². The summed E-state index contributed by atoms with van der Waals surface area (Å²) in [6, 6.07) is 3.85. The zero-order valence-electron chi connectivity index (χ0n) is 6.92. The predicted octanol–water partition coefficient (Wildman–Crippen LogP) is 2.34. The maximum atomic E-state index is 13.1. The molecule has 0 bridgehead atoms. The van der Waals surface area contributed by atoms with Gasteiger partial charge in [-0.3, -0.25) is 4.79 Å². The molecule has 0 fully saturated rings. The average molecular weight is 203 g/mol. The van der Waals surface area contributed by atoms with Gasteiger partial charge in [-0.1, -0.05) is 6.07 Å². The van der Waals surface area contributed by atoms with Crippen molar-refractivity contribution in [2.24, 2.45) is 0 Å². The Balaban J connectivity index is 3.15. The van der Waals surface area contributed by atoms with Gasteiger partial charge in [0, 0.05) is 0 Å². The summed E-state index contributed by atoms with van der Waals surface area (Å²) in [5, 5.41) is 8.17. The van der Waals surface area contributed by atoms with Crippen LogP contribution in [-0.2, 0) is 0 Å². The van der Waals surface area contributed by atoms with Crippen LogP contribution in [0.15, 0.2) is 18.2 Å². The third-order valence-corrected chi connectivity index (χ3v) is 1.80. The SMILES string of the molecule is CC(Cl)C(=O)c1cccc(O)c1F. The highest BCUT2D eigenvalue weighted by Gasteiger charge is 2.18. The number of aromatic hydroxyl groups is 1. The number of ketones is 1. The van der Waals surface area contributed by atoms with E-state index < -0.39 is 22.7 Å². The van der Waals surface area contributed by atoms with Crippen molar-refractivity contribution < 1.29 is 14.3 Å². The van der Waals surface area contributed by atoms with Crippen molar-refractivity contribution in [3.63, 3.8) is 0 Å². The van der Waals surface area contributed by atoms with Crippen molar-refractivity contribution in [3.8, 4) is 5.75 Å². The van der Waals surface area contributed by atoms with Gasteiger partial charge in [0.05, 0.1) is 10.9 Å². The molecule has 1 aromatic rings. The van der Waals surface area contributed by atoms with Crippen LogP contribution in [0.25, 0.3) is 0 Å². The zero-order valence-corrected chi connectivity index (χ0v) is 7.68. The monoisotopic (exact) mass is 202 g/mol. The van der Waals surface area contributed by atoms with Gasteiger partial charge in [-0.25, -0.2) is 4.39 Å². The molecule has 1 atom stereocenters. The first-order valence-electron chi connectivity index (χ1n) is 3.69. The smallest absolute Gasteiger partial charge is 0.183 e. The van der Waals surface area contributed by atoms with Crippen LogP contribution in [0.5, 0.6) is 5.75 Å². The molecule has 0 amide bonds. The van der Waals surface area contributed by atoms with Crippen molar-refractivity contribution in [3.05, 3.63) is 29.6 Å². The molecule has 1 rings (SSSR count). The lowest BCUT2D eigenvalue weighted by Gasteiger charge is -2.04. The van der Waals surface area contributed by atoms with Crippen LogP contribution in [0.4, 0.5) is 4.39 Å². The van der Waals surface area contributed by atoms with E-state index in [1.165, 1.54) is 25.1 Å². The molecular formula is C9H8ClFO2. The molecule has 1 unspecified atom stereocenters. The lowest BCUT2D eigenvalue weighted by molar-refractivity contribution is 0.0987. The highest BCUT2D eigenvalue weighted by Crippen LogP contribution is 2.20. The lowest BCUT2D eigenvalue weighted by atomic mass is 10.1. The standard InChI is InChI=1S/C9H8ClFO2/c1-5(10)9(13)6-3-2-4-7(12)8(6)11/h2-5,12H,1H3. The number of phenols is 1. The first-order chi connectivity index (χ1) is 6.04. The number of carbonyl (C=O) groups excluding carboxylic acids is 1. The lowest BCUT2D eigenvalue weighted by Crippen LogP contribution is -2.12. The summed E-state index contributed by atoms with van der Waals surface area (Å²) in [6.45, 7) is 1.45. The minimum atomic E-state index is -0.917. The van der Waals surface area contributed by atoms with Gasteiger partial charge < -0.3 is 5.11 Å². The summed E-state index contributed by atoms with van der Waals surface area (Å²) in [4.78, 5) is 11.2. The fraction of sp³-hybridized carbons (Fsp3) is 0.222. The van der Waals surface area contributed by atoms with Crippen molar-refractivity contribution in [1.82, 2.24) is 0 Å². The number of rotatable bonds is 2. The second-order valence-electron chi connectivity index (χ2n) is 2.62. The molecule has 13 heavy (non-hydrogen) atoms. The first-order valence-corrected chi connectivity index (χ1v) is 4.13. The second kappa shape index (κ2) is 3.75. The third kappa shape index (κ3) is 1.98. The number of phenolic OH excluding ortho intramolecular Hbond substituents is 1. The summed E-state index contributed by atoms with van der Waals surface area (Å²) in [7, 11) is 0. The summed E-state index contributed by atoms with van der Waals surface area (Å²) < 4.78 is 13.1. The quantitative estimate of drug-likeness (QED) is 0.591. The molecule has 0 aliphatic rings. The maximum absolute atomic E-state index is 13.1. The van der Waals surface area contributed by atoms with E-state index >= 15 is 0 Å². The highest BCUT2D eigenvalue weighted by atomic mass is 35.5. The summed E-state index contributed by atoms with van der Waals surface area (Å²) in [5.41, 5.74) is -0.178. The number of alkyl halides is 1. The van der Waals surface area contributed by atoms with E-state index in [-0.39, 0.29) is 5.56 Å². The van der Waals surface area contributed by atoms with Gasteiger partial charge in [-0.05, 0) is 19.1 Å². The molecule has 70 valence electrons. The minimum absolute atomic E-state index is 0.178. The number of halogens is 2. The first kappa shape index (κ1) is 9.99. The van der Waals surface area contributed by atoms with Gasteiger partial charge in [0.1, 0.15) is 0 Å². The Labute approximate surface area is 80.0 Å². The van der Waals surface area contributed by atoms with Crippen LogP contribution in [0.3, 0.4) is 0 Å². The number of Topliss-reactive ketones (excluding diaryl/α,β-unsaturated/α-hetero) is 1. The number of hydrogen-bond acceptors (Lipinski definition) is 2. The normalized spacial score (nSPS) is 12.5. The minimum Gasteiger partial charge on any atom is -0.505 e. The molecule has 0 heterocycles. The topological polar surface area (TPSA) is 37.3 Å². The predicted molar refractivity (Wildman–Crippen MR) is 47.7 cm³/mol. The van der Waals surface area contributed by atoms with Gasteiger partial charge in [0.25, 0.3) is 0 Å². The largest absolute Gasteiger partial charge is 0.505 e. The maximum Gasteiger partial charge on any atom is 0.183 e. The van der Waals surface area contributed by atoms with E-state index in [9.17, 15) is 9.18 Å². The van der Waals surface area contributed by atoms with E-state index in [1.54, 1.807) is 0 Å². The van der Waals surface area contributed by atoms with E-state index in [2.05, 4.69) is 0 Å². The molecule has 0 aliphatic heterocycles. The molecule has 0 aromatic heterocycles. The Hall–Kier alpha value is -1.09. The summed E-state index contributed by atoms with van der Waals surface area (Å²) in [6.07, 6.45) is 0. The van der Waals surface area contributed by atoms with Crippen LogP contribution >= 0.6 is 11.6 Å². The average Bonchev–Trinajstić information content (AvgIpc) is 2.08. The number of carbonyl (C=O) groups is 1. The van der Waals surface area contributed by atoms with E-state index in [4.69, 9.17) is 16.7 Å². The second-order valence-corrected chi connectivity index (χ2v) is 3.27. The van der Waals surface area contributed by atoms with Crippen LogP contribution in [0.2, 0.25) is 0 Å². The van der Waals surface area contributed by atoms with Gasteiger partial charge in [-0.15, -0.1) is 11.6 Å². The molecule has 1 aromatic carbocycles. The molecular weight excluding hydrogens is 195 g/mol. The highest BCUT2D eigenvalue weighted by molar-refractivity contribution is 6.33. The molecule has 1 N–H and O–H groups in total. The van der Waals surface area contributed by atoms with Crippen molar-refractivity contribution >= 4 is 17.4 Å². The zero-order chi connectivity index (χ0) is 10.0. The Morgan fingerprint density at radius 1 is 1.62 bits per heavy atom. The summed E-state index contributed by atoms with van der Waals surface area (Å²) >= 11 is 5.49. The van der Waals surface area contributed by atoms with Crippen LogP contribution in [0.1, 0.15) is 17.3 Å². The van der Waals surface area contributed by atoms with Crippen LogP contribution in [0, 0.1) is 5.82 Å². The molecule has 0 saturated heterocycles. The van der Waals surface area contributed by atoms with Crippen molar-refractivity contribution in [2.75, 3.05) is 0 Å². The van der Waals surface area contributed by atoms with Gasteiger partial charge in [0.15, 0.2) is 17.3 Å². The Morgan fingerprint density at radius 2 is 2.23 bits per heavy atom. The molecule has 2 nitrogen and oxygen atoms in total. The molecule has 0 saturated carbocycles. The van der Waals surface area contributed by atoms with Gasteiger partial charge in [0.2, 0.25) is 0 Å². The molecule has 0 radical (unpaired) electrons. The van der Waals surface area contributed by atoms with E-state index in [0.29, 0.717) is 0 Å². The fourth-order valence-corrected chi connectivity index (χ4v) is 1.04. The number of hydrogen-bond donors (Lipinski definition) is 1. The number of benzene rings is 1. The molecule has 4 heteroatoms. The molecule has 0 spiro atoms. The van der Waals surface area contributed by atoms with Gasteiger partial charge in [-0.2, -0.15) is 0 Å².